The van der Waals surface area contributed by atoms with Crippen molar-refractivity contribution in [2.75, 3.05) is 19.8 Å². The molecule has 1 heterocycles. The second-order valence-corrected chi connectivity index (χ2v) is 6.83. The predicted molar refractivity (Wildman–Crippen MR) is 100 cm³/mol. The summed E-state index contributed by atoms with van der Waals surface area (Å²) in [6.45, 7) is 1.11. The van der Waals surface area contributed by atoms with E-state index in [0.29, 0.717) is 26.1 Å². The maximum atomic E-state index is 13.3. The lowest BCUT2D eigenvalue weighted by molar-refractivity contribution is -0.394. The topological polar surface area (TPSA) is 125 Å². The fraction of sp³-hybridized carbons (Fsp3) is 0.316. The van der Waals surface area contributed by atoms with Gasteiger partial charge in [-0.1, -0.05) is 12.1 Å². The zero-order chi connectivity index (χ0) is 21.0. The molecular formula is C19H18FN3O6. The molecule has 29 heavy (non-hydrogen) atoms. The molecule has 0 aromatic heterocycles. The molecule has 1 fully saturated rings. The van der Waals surface area contributed by atoms with Crippen molar-refractivity contribution in [2.45, 2.75) is 18.3 Å². The van der Waals surface area contributed by atoms with Crippen LogP contribution in [0.1, 0.15) is 28.8 Å². The number of nitrogens with one attached hydrogen (secondary N) is 1. The van der Waals surface area contributed by atoms with E-state index in [1.54, 1.807) is 12.1 Å². The highest BCUT2D eigenvalue weighted by Gasteiger charge is 2.35. The molecule has 1 saturated heterocycles. The fourth-order valence-corrected chi connectivity index (χ4v) is 3.42. The highest BCUT2D eigenvalue weighted by atomic mass is 19.1. The first-order valence-corrected chi connectivity index (χ1v) is 8.87. The molecule has 0 bridgehead atoms. The van der Waals surface area contributed by atoms with Crippen molar-refractivity contribution in [3.05, 3.63) is 79.6 Å². The van der Waals surface area contributed by atoms with E-state index in [-0.39, 0.29) is 17.9 Å². The first-order chi connectivity index (χ1) is 13.8. The van der Waals surface area contributed by atoms with Gasteiger partial charge in [0.1, 0.15) is 5.82 Å². The Morgan fingerprint density at radius 2 is 1.59 bits per heavy atom. The summed E-state index contributed by atoms with van der Waals surface area (Å²) < 4.78 is 18.7. The van der Waals surface area contributed by atoms with Crippen LogP contribution in [0.3, 0.4) is 0 Å². The van der Waals surface area contributed by atoms with Crippen LogP contribution in [0.5, 0.6) is 0 Å². The third kappa shape index (κ3) is 4.54. The van der Waals surface area contributed by atoms with Crippen LogP contribution >= 0.6 is 0 Å². The molecular weight excluding hydrogens is 385 g/mol. The van der Waals surface area contributed by atoms with E-state index in [1.807, 2.05) is 0 Å². The molecule has 0 spiro atoms. The van der Waals surface area contributed by atoms with Crippen molar-refractivity contribution in [3.8, 4) is 0 Å². The summed E-state index contributed by atoms with van der Waals surface area (Å²) >= 11 is 0. The number of benzene rings is 2. The Morgan fingerprint density at radius 3 is 2.10 bits per heavy atom. The highest BCUT2D eigenvalue weighted by Crippen LogP contribution is 2.34. The number of ether oxygens (including phenoxy) is 1. The second kappa shape index (κ2) is 8.31. The minimum Gasteiger partial charge on any atom is -0.381 e. The number of amides is 1. The fourth-order valence-electron chi connectivity index (χ4n) is 3.42. The summed E-state index contributed by atoms with van der Waals surface area (Å²) in [4.78, 5) is 33.1. The van der Waals surface area contributed by atoms with E-state index in [9.17, 15) is 29.4 Å². The van der Waals surface area contributed by atoms with Gasteiger partial charge in [-0.05, 0) is 30.5 Å². The molecule has 10 heteroatoms. The molecule has 0 aliphatic carbocycles. The van der Waals surface area contributed by atoms with Crippen molar-refractivity contribution in [2.24, 2.45) is 0 Å². The number of carbonyl (C=O) groups excluding carboxylic acids is 1. The normalized spacial score (nSPS) is 15.5. The predicted octanol–water partition coefficient (Wildman–Crippen LogP) is 3.12. The lowest BCUT2D eigenvalue weighted by atomic mass is 9.74. The van der Waals surface area contributed by atoms with E-state index in [1.165, 1.54) is 12.1 Å². The van der Waals surface area contributed by atoms with Gasteiger partial charge in [0.2, 0.25) is 0 Å². The lowest BCUT2D eigenvalue weighted by Gasteiger charge is -2.38. The maximum Gasteiger partial charge on any atom is 0.277 e. The van der Waals surface area contributed by atoms with E-state index in [4.69, 9.17) is 4.74 Å². The summed E-state index contributed by atoms with van der Waals surface area (Å²) in [6.07, 6.45) is 1.18. The largest absolute Gasteiger partial charge is 0.381 e. The van der Waals surface area contributed by atoms with Crippen LogP contribution < -0.4 is 5.32 Å². The van der Waals surface area contributed by atoms with Crippen molar-refractivity contribution < 1.29 is 23.8 Å². The molecule has 1 aliphatic heterocycles. The Balaban J connectivity index is 1.84. The molecule has 0 radical (unpaired) electrons. The Kier molecular flexibility index (Phi) is 5.83. The third-order valence-electron chi connectivity index (χ3n) is 5.08. The van der Waals surface area contributed by atoms with Crippen molar-refractivity contribution >= 4 is 17.3 Å². The number of nitro groups is 2. The number of non-ortho nitro benzene ring substituents is 2. The number of nitrogens with zero attached hydrogens (tertiary/aromatic N) is 2. The molecule has 152 valence electrons. The molecule has 1 N–H and O–H groups in total. The first-order valence-electron chi connectivity index (χ1n) is 8.87. The number of hydrogen-bond donors (Lipinski definition) is 1. The lowest BCUT2D eigenvalue weighted by Crippen LogP contribution is -2.44. The van der Waals surface area contributed by atoms with Crippen LogP contribution in [-0.2, 0) is 10.2 Å². The van der Waals surface area contributed by atoms with E-state index in [0.717, 1.165) is 23.8 Å². The van der Waals surface area contributed by atoms with E-state index in [2.05, 4.69) is 5.32 Å². The average Bonchev–Trinajstić information content (AvgIpc) is 2.72. The number of rotatable bonds is 6. The van der Waals surface area contributed by atoms with Crippen molar-refractivity contribution in [1.82, 2.24) is 5.32 Å². The number of nitro benzene ring substituents is 2. The first kappa shape index (κ1) is 20.3. The Morgan fingerprint density at radius 1 is 1.03 bits per heavy atom. The van der Waals surface area contributed by atoms with Gasteiger partial charge >= 0.3 is 0 Å². The van der Waals surface area contributed by atoms with Crippen molar-refractivity contribution in [1.29, 1.82) is 0 Å². The monoisotopic (exact) mass is 403 g/mol. The molecule has 0 saturated carbocycles. The summed E-state index contributed by atoms with van der Waals surface area (Å²) in [5, 5.41) is 24.8. The molecule has 1 amide bonds. The van der Waals surface area contributed by atoms with Gasteiger partial charge in [-0.25, -0.2) is 4.39 Å². The molecule has 0 atom stereocenters. The Hall–Kier alpha value is -3.40. The van der Waals surface area contributed by atoms with E-state index >= 15 is 0 Å². The Labute approximate surface area is 164 Å². The third-order valence-corrected chi connectivity index (χ3v) is 5.08. The van der Waals surface area contributed by atoms with Crippen LogP contribution in [-0.4, -0.2) is 35.5 Å². The Bertz CT molecular complexity index is 909. The molecule has 0 unspecified atom stereocenters. The minimum absolute atomic E-state index is 0.174. The highest BCUT2D eigenvalue weighted by molar-refractivity contribution is 5.95. The number of halogens is 1. The summed E-state index contributed by atoms with van der Waals surface area (Å²) in [7, 11) is 0. The maximum absolute atomic E-state index is 13.3. The molecule has 9 nitrogen and oxygen atoms in total. The zero-order valence-electron chi connectivity index (χ0n) is 15.3. The van der Waals surface area contributed by atoms with Gasteiger partial charge in [-0.15, -0.1) is 0 Å². The molecule has 2 aromatic carbocycles. The van der Waals surface area contributed by atoms with Gasteiger partial charge < -0.3 is 10.1 Å². The standard InChI is InChI=1S/C19H18FN3O6/c20-15-3-1-14(2-4-15)19(5-7-29-8-6-19)12-21-18(24)13-9-16(22(25)26)11-17(10-13)23(27)28/h1-4,9-11H,5-8,12H2,(H,21,24). The van der Waals surface area contributed by atoms with Gasteiger partial charge in [0.15, 0.2) is 0 Å². The van der Waals surface area contributed by atoms with Crippen LogP contribution in [0, 0.1) is 26.0 Å². The summed E-state index contributed by atoms with van der Waals surface area (Å²) in [5.74, 6) is -1.03. The van der Waals surface area contributed by atoms with Crippen LogP contribution in [0.15, 0.2) is 42.5 Å². The van der Waals surface area contributed by atoms with Gasteiger partial charge in [0, 0.05) is 37.3 Å². The second-order valence-electron chi connectivity index (χ2n) is 6.83. The summed E-state index contributed by atoms with van der Waals surface area (Å²) in [6, 6.07) is 8.80. The van der Waals surface area contributed by atoms with E-state index < -0.39 is 32.5 Å². The molecule has 3 rings (SSSR count). The zero-order valence-corrected chi connectivity index (χ0v) is 15.3. The quantitative estimate of drug-likeness (QED) is 0.584. The average molecular weight is 403 g/mol. The van der Waals surface area contributed by atoms with Gasteiger partial charge in [-0.2, -0.15) is 0 Å². The SMILES string of the molecule is O=C(NCC1(c2ccc(F)cc2)CCOCC1)c1cc([N+](=O)[O-])cc([N+](=O)[O-])c1. The van der Waals surface area contributed by atoms with Crippen LogP contribution in [0.2, 0.25) is 0 Å². The number of carbonyl (C=O) groups is 1. The van der Waals surface area contributed by atoms with Gasteiger partial charge in [0.25, 0.3) is 17.3 Å². The van der Waals surface area contributed by atoms with Gasteiger partial charge in [0.05, 0.1) is 21.5 Å². The van der Waals surface area contributed by atoms with Crippen LogP contribution in [0.4, 0.5) is 15.8 Å². The number of hydrogen-bond acceptors (Lipinski definition) is 6. The smallest absolute Gasteiger partial charge is 0.277 e. The summed E-state index contributed by atoms with van der Waals surface area (Å²) in [5.41, 5.74) is -0.902. The minimum atomic E-state index is -0.789. The van der Waals surface area contributed by atoms with Crippen LogP contribution in [0.25, 0.3) is 0 Å². The molecule has 1 aliphatic rings. The van der Waals surface area contributed by atoms with Crippen molar-refractivity contribution in [3.63, 3.8) is 0 Å². The molecule has 2 aromatic rings. The van der Waals surface area contributed by atoms with Gasteiger partial charge in [-0.3, -0.25) is 25.0 Å².